The number of carbonyl (C=O) groups excluding carboxylic acids is 1. The van der Waals surface area contributed by atoms with Gasteiger partial charge < -0.3 is 15.8 Å². The van der Waals surface area contributed by atoms with Crippen LogP contribution in [-0.4, -0.2) is 25.1 Å². The second kappa shape index (κ2) is 11.0. The Morgan fingerprint density at radius 2 is 1.32 bits per heavy atom. The first-order chi connectivity index (χ1) is 18.1. The molecule has 4 aromatic rings. The van der Waals surface area contributed by atoms with E-state index < -0.39 is 5.41 Å². The maximum atomic E-state index is 13.4. The van der Waals surface area contributed by atoms with Crippen molar-refractivity contribution in [1.29, 1.82) is 0 Å². The SMILES string of the molecule is COc1ccc(C(c2ccccc2)(c2ccccc2)c2cccc(C(=O)N[C@H]3CCCC[C@@H]3N)c2)cc1. The molecule has 0 saturated heterocycles. The molecule has 3 N–H and O–H groups in total. The van der Waals surface area contributed by atoms with Gasteiger partial charge in [-0.2, -0.15) is 0 Å². The Morgan fingerprint density at radius 3 is 1.92 bits per heavy atom. The van der Waals surface area contributed by atoms with Crippen molar-refractivity contribution in [3.05, 3.63) is 137 Å². The molecule has 0 radical (unpaired) electrons. The molecule has 5 rings (SSSR count). The van der Waals surface area contributed by atoms with Crippen LogP contribution in [0.4, 0.5) is 0 Å². The predicted molar refractivity (Wildman–Crippen MR) is 149 cm³/mol. The van der Waals surface area contributed by atoms with Gasteiger partial charge in [-0.1, -0.05) is 97.8 Å². The molecule has 1 fully saturated rings. The van der Waals surface area contributed by atoms with Crippen LogP contribution < -0.4 is 15.8 Å². The number of benzene rings is 4. The lowest BCUT2D eigenvalue weighted by atomic mass is 9.65. The van der Waals surface area contributed by atoms with Crippen LogP contribution in [0.15, 0.2) is 109 Å². The van der Waals surface area contributed by atoms with Crippen molar-refractivity contribution in [1.82, 2.24) is 5.32 Å². The van der Waals surface area contributed by atoms with Gasteiger partial charge in [0.1, 0.15) is 5.75 Å². The van der Waals surface area contributed by atoms with Gasteiger partial charge in [0.2, 0.25) is 0 Å². The highest BCUT2D eigenvalue weighted by Gasteiger charge is 2.38. The predicted octanol–water partition coefficient (Wildman–Crippen LogP) is 6.08. The number of rotatable bonds is 7. The third-order valence-electron chi connectivity index (χ3n) is 7.63. The lowest BCUT2D eigenvalue weighted by Gasteiger charge is -2.37. The summed E-state index contributed by atoms with van der Waals surface area (Å²) in [5.74, 6) is 0.727. The summed E-state index contributed by atoms with van der Waals surface area (Å²) < 4.78 is 5.47. The molecule has 1 saturated carbocycles. The van der Waals surface area contributed by atoms with Gasteiger partial charge in [0.15, 0.2) is 0 Å². The Balaban J connectivity index is 1.67. The fourth-order valence-electron chi connectivity index (χ4n) is 5.70. The van der Waals surface area contributed by atoms with Crippen LogP contribution in [0.1, 0.15) is 58.3 Å². The number of methoxy groups -OCH3 is 1. The van der Waals surface area contributed by atoms with Gasteiger partial charge in [-0.15, -0.1) is 0 Å². The van der Waals surface area contributed by atoms with Crippen molar-refractivity contribution >= 4 is 5.91 Å². The zero-order chi connectivity index (χ0) is 25.7. The Labute approximate surface area is 219 Å². The van der Waals surface area contributed by atoms with Crippen molar-refractivity contribution < 1.29 is 9.53 Å². The molecule has 2 atom stereocenters. The van der Waals surface area contributed by atoms with Crippen LogP contribution in [0, 0.1) is 0 Å². The maximum Gasteiger partial charge on any atom is 0.251 e. The van der Waals surface area contributed by atoms with E-state index in [2.05, 4.69) is 72.0 Å². The first-order valence-electron chi connectivity index (χ1n) is 13.1. The van der Waals surface area contributed by atoms with Crippen LogP contribution >= 0.6 is 0 Å². The smallest absolute Gasteiger partial charge is 0.251 e. The number of ether oxygens (including phenoxy) is 1. The normalized spacial score (nSPS) is 17.7. The zero-order valence-electron chi connectivity index (χ0n) is 21.3. The first kappa shape index (κ1) is 24.8. The Hall–Kier alpha value is -3.89. The van der Waals surface area contributed by atoms with E-state index in [-0.39, 0.29) is 18.0 Å². The average molecular weight is 491 g/mol. The quantitative estimate of drug-likeness (QED) is 0.309. The molecule has 4 aromatic carbocycles. The molecule has 0 unspecified atom stereocenters. The monoisotopic (exact) mass is 490 g/mol. The minimum atomic E-state index is -0.633. The zero-order valence-corrected chi connectivity index (χ0v) is 21.3. The molecule has 4 heteroatoms. The topological polar surface area (TPSA) is 64.3 Å². The summed E-state index contributed by atoms with van der Waals surface area (Å²) in [4.78, 5) is 13.4. The summed E-state index contributed by atoms with van der Waals surface area (Å²) >= 11 is 0. The Morgan fingerprint density at radius 1 is 0.757 bits per heavy atom. The van der Waals surface area contributed by atoms with E-state index in [0.29, 0.717) is 5.56 Å². The van der Waals surface area contributed by atoms with Crippen LogP contribution in [0.5, 0.6) is 5.75 Å². The van der Waals surface area contributed by atoms with Gasteiger partial charge in [0.25, 0.3) is 5.91 Å². The summed E-state index contributed by atoms with van der Waals surface area (Å²) in [6, 6.07) is 37.2. The highest BCUT2D eigenvalue weighted by Crippen LogP contribution is 2.45. The van der Waals surface area contributed by atoms with Gasteiger partial charge in [-0.25, -0.2) is 0 Å². The fraction of sp³-hybridized carbons (Fsp3) is 0.242. The van der Waals surface area contributed by atoms with Crippen molar-refractivity contribution in [2.24, 2.45) is 5.73 Å². The molecule has 37 heavy (non-hydrogen) atoms. The summed E-state index contributed by atoms with van der Waals surface area (Å²) in [6.45, 7) is 0. The van der Waals surface area contributed by atoms with E-state index in [1.807, 2.05) is 42.5 Å². The summed E-state index contributed by atoms with van der Waals surface area (Å²) in [5, 5.41) is 3.22. The highest BCUT2D eigenvalue weighted by molar-refractivity contribution is 5.94. The third kappa shape index (κ3) is 4.90. The molecule has 1 aliphatic carbocycles. The first-order valence-corrected chi connectivity index (χ1v) is 13.1. The van der Waals surface area contributed by atoms with E-state index in [9.17, 15) is 4.79 Å². The number of amides is 1. The number of nitrogens with one attached hydrogen (secondary N) is 1. The van der Waals surface area contributed by atoms with E-state index in [1.54, 1.807) is 7.11 Å². The van der Waals surface area contributed by atoms with Crippen molar-refractivity contribution in [3.8, 4) is 5.75 Å². The van der Waals surface area contributed by atoms with Crippen LogP contribution in [0.25, 0.3) is 0 Å². The van der Waals surface area contributed by atoms with Gasteiger partial charge in [-0.3, -0.25) is 4.79 Å². The lowest BCUT2D eigenvalue weighted by Crippen LogP contribution is -2.49. The van der Waals surface area contributed by atoms with Gasteiger partial charge >= 0.3 is 0 Å². The number of hydrogen-bond donors (Lipinski definition) is 2. The summed E-state index contributed by atoms with van der Waals surface area (Å²) in [5.41, 5.74) is 10.7. The number of nitrogens with two attached hydrogens (primary N) is 1. The molecular weight excluding hydrogens is 456 g/mol. The molecule has 0 spiro atoms. The minimum Gasteiger partial charge on any atom is -0.497 e. The molecule has 4 nitrogen and oxygen atoms in total. The Bertz CT molecular complexity index is 1280. The molecule has 0 aromatic heterocycles. The van der Waals surface area contributed by atoms with Crippen molar-refractivity contribution in [2.75, 3.05) is 7.11 Å². The highest BCUT2D eigenvalue weighted by atomic mass is 16.5. The van der Waals surface area contributed by atoms with E-state index in [1.165, 1.54) is 0 Å². The van der Waals surface area contributed by atoms with Gasteiger partial charge in [-0.05, 0) is 59.4 Å². The van der Waals surface area contributed by atoms with Crippen molar-refractivity contribution in [3.63, 3.8) is 0 Å². The molecule has 0 bridgehead atoms. The standard InChI is InChI=1S/C33H34N2O2/c1-37-29-21-19-27(20-22-29)33(25-12-4-2-5-13-25,26-14-6-3-7-15-26)28-16-10-11-24(23-28)32(36)35-31-18-9-8-17-30(31)34/h2-7,10-16,19-23,30-31H,8-9,17-18,34H2,1H3,(H,35,36)/t30-,31-/m0/s1. The molecule has 0 aliphatic heterocycles. The summed E-state index contributed by atoms with van der Waals surface area (Å²) in [7, 11) is 1.68. The van der Waals surface area contributed by atoms with Gasteiger partial charge in [0.05, 0.1) is 12.5 Å². The molecule has 1 amide bonds. The molecular formula is C33H34N2O2. The van der Waals surface area contributed by atoms with E-state index >= 15 is 0 Å². The van der Waals surface area contributed by atoms with Gasteiger partial charge in [0, 0.05) is 17.6 Å². The molecule has 188 valence electrons. The van der Waals surface area contributed by atoms with Crippen molar-refractivity contribution in [2.45, 2.75) is 43.2 Å². The minimum absolute atomic E-state index is 0.00732. The number of hydrogen-bond acceptors (Lipinski definition) is 3. The summed E-state index contributed by atoms with van der Waals surface area (Å²) in [6.07, 6.45) is 4.10. The molecule has 0 heterocycles. The fourth-order valence-corrected chi connectivity index (χ4v) is 5.70. The second-order valence-electron chi connectivity index (χ2n) is 9.82. The van der Waals surface area contributed by atoms with Crippen LogP contribution in [-0.2, 0) is 5.41 Å². The maximum absolute atomic E-state index is 13.4. The van der Waals surface area contributed by atoms with E-state index in [4.69, 9.17) is 10.5 Å². The lowest BCUT2D eigenvalue weighted by molar-refractivity contribution is 0.0921. The average Bonchev–Trinajstić information content (AvgIpc) is 2.96. The number of carbonyl (C=O) groups is 1. The van der Waals surface area contributed by atoms with E-state index in [0.717, 1.165) is 53.7 Å². The third-order valence-corrected chi connectivity index (χ3v) is 7.63. The second-order valence-corrected chi connectivity index (χ2v) is 9.82. The van der Waals surface area contributed by atoms with Crippen LogP contribution in [0.3, 0.4) is 0 Å². The largest absolute Gasteiger partial charge is 0.497 e. The Kier molecular flexibility index (Phi) is 7.38. The molecule has 1 aliphatic rings. The van der Waals surface area contributed by atoms with Crippen LogP contribution in [0.2, 0.25) is 0 Å².